The number of carbonyl (C=O) groups is 2. The van der Waals surface area contributed by atoms with Gasteiger partial charge in [0.15, 0.2) is 0 Å². The Balaban J connectivity index is 2.18. The molecule has 1 fully saturated rings. The maximum Gasteiger partial charge on any atom is 0.308 e. The van der Waals surface area contributed by atoms with E-state index < -0.39 is 0 Å². The highest BCUT2D eigenvalue weighted by Gasteiger charge is 2.31. The number of ether oxygens (including phenoxy) is 2. The van der Waals surface area contributed by atoms with Gasteiger partial charge in [-0.2, -0.15) is 0 Å². The standard InChI is InChI=1S/C28H52O4/c1-21(13-17-27(3,4)5)15-19-31-25(29)23-9-11-24(12-10-23)26(30)32-20-16-22(2)14-18-28(6,7)8/h21-24H,9-20H2,1-8H3. The van der Waals surface area contributed by atoms with E-state index in [2.05, 4.69) is 55.4 Å². The number of rotatable bonds is 12. The van der Waals surface area contributed by atoms with Gasteiger partial charge in [-0.3, -0.25) is 9.59 Å². The van der Waals surface area contributed by atoms with E-state index in [0.29, 0.717) is 35.9 Å². The molecule has 0 amide bonds. The lowest BCUT2D eigenvalue weighted by Gasteiger charge is -2.26. The van der Waals surface area contributed by atoms with E-state index in [1.807, 2.05) is 0 Å². The second kappa shape index (κ2) is 13.6. The van der Waals surface area contributed by atoms with Gasteiger partial charge in [0.2, 0.25) is 0 Å². The van der Waals surface area contributed by atoms with Gasteiger partial charge < -0.3 is 9.47 Å². The van der Waals surface area contributed by atoms with Crippen molar-refractivity contribution in [2.75, 3.05) is 13.2 Å². The normalized spacial score (nSPS) is 21.6. The van der Waals surface area contributed by atoms with E-state index in [-0.39, 0.29) is 23.8 Å². The SMILES string of the molecule is CC(CCOC(=O)C1CCC(C(=O)OCCC(C)CCC(C)(C)C)CC1)CCC(C)(C)C. The second-order valence-electron chi connectivity index (χ2n) is 12.9. The average Bonchev–Trinajstić information content (AvgIpc) is 2.69. The molecule has 0 aromatic heterocycles. The van der Waals surface area contributed by atoms with Crippen molar-refractivity contribution in [3.05, 3.63) is 0 Å². The van der Waals surface area contributed by atoms with Gasteiger partial charge in [0.1, 0.15) is 0 Å². The van der Waals surface area contributed by atoms with Crippen LogP contribution in [0.3, 0.4) is 0 Å². The summed E-state index contributed by atoms with van der Waals surface area (Å²) in [6.45, 7) is 19.1. The third kappa shape index (κ3) is 13.5. The van der Waals surface area contributed by atoms with Crippen molar-refractivity contribution in [3.63, 3.8) is 0 Å². The van der Waals surface area contributed by atoms with Gasteiger partial charge in [0.05, 0.1) is 25.0 Å². The van der Waals surface area contributed by atoms with Crippen molar-refractivity contribution in [1.82, 2.24) is 0 Å². The largest absolute Gasteiger partial charge is 0.465 e. The first-order valence-electron chi connectivity index (χ1n) is 13.1. The lowest BCUT2D eigenvalue weighted by molar-refractivity contribution is -0.155. The van der Waals surface area contributed by atoms with Gasteiger partial charge in [-0.05, 0) is 74.0 Å². The Kier molecular flexibility index (Phi) is 12.3. The third-order valence-electron chi connectivity index (χ3n) is 6.88. The van der Waals surface area contributed by atoms with E-state index in [9.17, 15) is 9.59 Å². The lowest BCUT2D eigenvalue weighted by atomic mass is 9.82. The number of carbonyl (C=O) groups excluding carboxylic acids is 2. The molecule has 1 rings (SSSR count). The summed E-state index contributed by atoms with van der Waals surface area (Å²) in [5, 5.41) is 0. The Bertz CT molecular complexity index is 497. The molecular formula is C28H52O4. The molecule has 0 N–H and O–H groups in total. The summed E-state index contributed by atoms with van der Waals surface area (Å²) in [6, 6.07) is 0. The summed E-state index contributed by atoms with van der Waals surface area (Å²) >= 11 is 0. The Labute approximate surface area is 198 Å². The van der Waals surface area contributed by atoms with E-state index >= 15 is 0 Å². The molecule has 0 saturated heterocycles. The molecule has 4 heteroatoms. The molecule has 188 valence electrons. The minimum Gasteiger partial charge on any atom is -0.465 e. The average molecular weight is 453 g/mol. The molecular weight excluding hydrogens is 400 g/mol. The van der Waals surface area contributed by atoms with Crippen molar-refractivity contribution in [3.8, 4) is 0 Å². The summed E-state index contributed by atoms with van der Waals surface area (Å²) < 4.78 is 11.1. The van der Waals surface area contributed by atoms with Gasteiger partial charge in [0, 0.05) is 0 Å². The minimum atomic E-state index is -0.0764. The predicted molar refractivity (Wildman–Crippen MR) is 132 cm³/mol. The fourth-order valence-electron chi connectivity index (χ4n) is 4.17. The Morgan fingerprint density at radius 1 is 0.656 bits per heavy atom. The minimum absolute atomic E-state index is 0.0543. The van der Waals surface area contributed by atoms with Crippen molar-refractivity contribution in [2.24, 2.45) is 34.5 Å². The van der Waals surface area contributed by atoms with Gasteiger partial charge >= 0.3 is 11.9 Å². The Morgan fingerprint density at radius 2 is 0.969 bits per heavy atom. The second-order valence-corrected chi connectivity index (χ2v) is 12.9. The van der Waals surface area contributed by atoms with E-state index in [1.54, 1.807) is 0 Å². The molecule has 2 unspecified atom stereocenters. The van der Waals surface area contributed by atoms with E-state index in [1.165, 1.54) is 25.7 Å². The zero-order valence-corrected chi connectivity index (χ0v) is 22.4. The van der Waals surface area contributed by atoms with Gasteiger partial charge in [-0.25, -0.2) is 0 Å². The van der Waals surface area contributed by atoms with Gasteiger partial charge in [0.25, 0.3) is 0 Å². The molecule has 2 atom stereocenters. The summed E-state index contributed by atoms with van der Waals surface area (Å²) in [4.78, 5) is 24.8. The van der Waals surface area contributed by atoms with E-state index in [0.717, 1.165) is 38.5 Å². The molecule has 0 aromatic rings. The van der Waals surface area contributed by atoms with Crippen LogP contribution in [0.5, 0.6) is 0 Å². The van der Waals surface area contributed by atoms with Crippen LogP contribution in [0.4, 0.5) is 0 Å². The molecule has 32 heavy (non-hydrogen) atoms. The molecule has 0 radical (unpaired) electrons. The molecule has 0 bridgehead atoms. The van der Waals surface area contributed by atoms with Crippen molar-refractivity contribution in [1.29, 1.82) is 0 Å². The molecule has 0 aromatic carbocycles. The van der Waals surface area contributed by atoms with Crippen molar-refractivity contribution < 1.29 is 19.1 Å². The fraction of sp³-hybridized carbons (Fsp3) is 0.929. The highest BCUT2D eigenvalue weighted by atomic mass is 16.5. The quantitative estimate of drug-likeness (QED) is 0.286. The zero-order valence-electron chi connectivity index (χ0n) is 22.4. The van der Waals surface area contributed by atoms with Crippen LogP contribution in [0.15, 0.2) is 0 Å². The summed E-state index contributed by atoms with van der Waals surface area (Å²) in [5.74, 6) is 0.884. The smallest absolute Gasteiger partial charge is 0.308 e. The van der Waals surface area contributed by atoms with Crippen LogP contribution in [0, 0.1) is 34.5 Å². The van der Waals surface area contributed by atoms with Crippen molar-refractivity contribution >= 4 is 11.9 Å². The van der Waals surface area contributed by atoms with Gasteiger partial charge in [-0.15, -0.1) is 0 Å². The first-order valence-corrected chi connectivity index (χ1v) is 13.1. The Morgan fingerprint density at radius 3 is 1.25 bits per heavy atom. The third-order valence-corrected chi connectivity index (χ3v) is 6.88. The van der Waals surface area contributed by atoms with Gasteiger partial charge in [-0.1, -0.05) is 68.2 Å². The van der Waals surface area contributed by atoms with Crippen LogP contribution < -0.4 is 0 Å². The van der Waals surface area contributed by atoms with Crippen LogP contribution in [0.1, 0.15) is 120 Å². The van der Waals surface area contributed by atoms with Crippen LogP contribution in [0.25, 0.3) is 0 Å². The van der Waals surface area contributed by atoms with Crippen LogP contribution >= 0.6 is 0 Å². The highest BCUT2D eigenvalue weighted by Crippen LogP contribution is 2.31. The predicted octanol–water partition coefficient (Wildman–Crippen LogP) is 7.58. The highest BCUT2D eigenvalue weighted by molar-refractivity contribution is 5.75. The molecule has 1 aliphatic carbocycles. The number of hydrogen-bond acceptors (Lipinski definition) is 4. The molecule has 4 nitrogen and oxygen atoms in total. The molecule has 1 aliphatic rings. The maximum absolute atomic E-state index is 12.4. The van der Waals surface area contributed by atoms with Crippen LogP contribution in [-0.4, -0.2) is 25.2 Å². The van der Waals surface area contributed by atoms with Crippen LogP contribution in [-0.2, 0) is 19.1 Å². The summed E-state index contributed by atoms with van der Waals surface area (Å²) in [7, 11) is 0. The Hall–Kier alpha value is -1.06. The molecule has 0 aliphatic heterocycles. The monoisotopic (exact) mass is 452 g/mol. The van der Waals surface area contributed by atoms with Crippen LogP contribution in [0.2, 0.25) is 0 Å². The zero-order chi connectivity index (χ0) is 24.4. The first-order chi connectivity index (χ1) is 14.8. The summed E-state index contributed by atoms with van der Waals surface area (Å²) in [6.07, 6.45) is 9.53. The molecule has 0 spiro atoms. The van der Waals surface area contributed by atoms with Crippen molar-refractivity contribution in [2.45, 2.75) is 120 Å². The first kappa shape index (κ1) is 29.0. The topological polar surface area (TPSA) is 52.6 Å². The molecule has 0 heterocycles. The summed E-state index contributed by atoms with van der Waals surface area (Å²) in [5.41, 5.74) is 0.713. The van der Waals surface area contributed by atoms with E-state index in [4.69, 9.17) is 9.47 Å². The maximum atomic E-state index is 12.4. The lowest BCUT2D eigenvalue weighted by Crippen LogP contribution is -2.29. The number of hydrogen-bond donors (Lipinski definition) is 0. The number of esters is 2. The fourth-order valence-corrected chi connectivity index (χ4v) is 4.17. The molecule has 1 saturated carbocycles.